The highest BCUT2D eigenvalue weighted by molar-refractivity contribution is 5.85. The number of amides is 1. The van der Waals surface area contributed by atoms with Gasteiger partial charge in [-0.2, -0.15) is 5.26 Å². The number of carbonyl (C=O) groups is 2. The number of rotatable bonds is 6. The highest BCUT2D eigenvalue weighted by Crippen LogP contribution is 2.10. The quantitative estimate of drug-likeness (QED) is 0.840. The summed E-state index contributed by atoms with van der Waals surface area (Å²) in [7, 11) is 0. The van der Waals surface area contributed by atoms with Crippen molar-refractivity contribution < 1.29 is 23.5 Å². The van der Waals surface area contributed by atoms with Crippen LogP contribution in [0.25, 0.3) is 0 Å². The van der Waals surface area contributed by atoms with Crippen LogP contribution in [0.3, 0.4) is 0 Å². The molecular formula is C18H14F2N2O3. The van der Waals surface area contributed by atoms with E-state index in [1.165, 1.54) is 6.07 Å². The van der Waals surface area contributed by atoms with Gasteiger partial charge in [0.1, 0.15) is 17.7 Å². The second-order valence-corrected chi connectivity index (χ2v) is 5.43. The molecule has 2 N–H and O–H groups in total. The monoisotopic (exact) mass is 344 g/mol. The van der Waals surface area contributed by atoms with Gasteiger partial charge in [-0.3, -0.25) is 4.79 Å². The van der Waals surface area contributed by atoms with Gasteiger partial charge in [-0.25, -0.2) is 13.6 Å². The Morgan fingerprint density at radius 1 is 1.12 bits per heavy atom. The number of hydrogen-bond donors (Lipinski definition) is 2. The molecule has 0 radical (unpaired) electrons. The molecule has 0 aliphatic carbocycles. The molecule has 25 heavy (non-hydrogen) atoms. The topological polar surface area (TPSA) is 90.2 Å². The molecule has 2 rings (SSSR count). The molecule has 0 saturated heterocycles. The summed E-state index contributed by atoms with van der Waals surface area (Å²) in [6, 6.07) is 9.80. The number of halogens is 2. The maximum absolute atomic E-state index is 13.1. The highest BCUT2D eigenvalue weighted by atomic mass is 19.1. The van der Waals surface area contributed by atoms with Gasteiger partial charge in [0.25, 0.3) is 0 Å². The van der Waals surface area contributed by atoms with Gasteiger partial charge in [0.15, 0.2) is 0 Å². The van der Waals surface area contributed by atoms with Gasteiger partial charge in [0.2, 0.25) is 5.91 Å². The lowest BCUT2D eigenvalue weighted by molar-refractivity contribution is -0.141. The molecule has 0 unspecified atom stereocenters. The Labute approximate surface area is 142 Å². The van der Waals surface area contributed by atoms with E-state index >= 15 is 0 Å². The lowest BCUT2D eigenvalue weighted by Crippen LogP contribution is -2.43. The first-order valence-electron chi connectivity index (χ1n) is 7.33. The molecule has 0 saturated carbocycles. The first-order chi connectivity index (χ1) is 11.9. The fraction of sp³-hybridized carbons (Fsp3) is 0.167. The largest absolute Gasteiger partial charge is 0.480 e. The number of carboxylic acids is 1. The number of hydrogen-bond acceptors (Lipinski definition) is 3. The van der Waals surface area contributed by atoms with Crippen molar-refractivity contribution in [1.29, 1.82) is 5.26 Å². The van der Waals surface area contributed by atoms with Crippen LogP contribution >= 0.6 is 0 Å². The van der Waals surface area contributed by atoms with E-state index in [-0.39, 0.29) is 18.4 Å². The zero-order valence-corrected chi connectivity index (χ0v) is 13.0. The SMILES string of the molecule is N#Cc1cccc(C[C@H](NC(=O)Cc2cc(F)cc(F)c2)C(=O)O)c1. The summed E-state index contributed by atoms with van der Waals surface area (Å²) in [6.45, 7) is 0. The standard InChI is InChI=1S/C18H14F2N2O3/c19-14-5-13(6-15(20)9-14)8-17(23)22-16(18(24)25)7-11-2-1-3-12(4-11)10-21/h1-6,9,16H,7-8H2,(H,22,23)(H,24,25)/t16-/m0/s1. The minimum atomic E-state index is -1.25. The molecule has 0 aromatic heterocycles. The van der Waals surface area contributed by atoms with Crippen molar-refractivity contribution >= 4 is 11.9 Å². The molecule has 7 heteroatoms. The van der Waals surface area contributed by atoms with Crippen LogP contribution in [-0.4, -0.2) is 23.0 Å². The normalized spacial score (nSPS) is 11.4. The highest BCUT2D eigenvalue weighted by Gasteiger charge is 2.21. The van der Waals surface area contributed by atoms with Crippen LogP contribution in [0.5, 0.6) is 0 Å². The second-order valence-electron chi connectivity index (χ2n) is 5.43. The van der Waals surface area contributed by atoms with Crippen molar-refractivity contribution in [3.63, 3.8) is 0 Å². The summed E-state index contributed by atoms with van der Waals surface area (Å²) < 4.78 is 26.3. The van der Waals surface area contributed by atoms with Crippen LogP contribution in [0, 0.1) is 23.0 Å². The Bertz CT molecular complexity index is 826. The number of aliphatic carboxylic acids is 1. The maximum Gasteiger partial charge on any atom is 0.326 e. The van der Waals surface area contributed by atoms with E-state index < -0.39 is 29.6 Å². The minimum Gasteiger partial charge on any atom is -0.480 e. The van der Waals surface area contributed by atoms with Gasteiger partial charge in [-0.05, 0) is 35.4 Å². The molecule has 0 spiro atoms. The third kappa shape index (κ3) is 5.39. The van der Waals surface area contributed by atoms with E-state index in [9.17, 15) is 23.5 Å². The van der Waals surface area contributed by atoms with Crippen molar-refractivity contribution in [1.82, 2.24) is 5.32 Å². The number of nitrogens with one attached hydrogen (secondary N) is 1. The Hall–Kier alpha value is -3.27. The summed E-state index contributed by atoms with van der Waals surface area (Å²) in [5.41, 5.74) is 1.05. The van der Waals surface area contributed by atoms with E-state index in [1.54, 1.807) is 18.2 Å². The van der Waals surface area contributed by atoms with E-state index in [4.69, 9.17) is 5.26 Å². The van der Waals surface area contributed by atoms with E-state index in [2.05, 4.69) is 5.32 Å². The molecule has 0 bridgehead atoms. The summed E-state index contributed by atoms with van der Waals surface area (Å²) in [5.74, 6) is -3.55. The molecule has 1 amide bonds. The Balaban J connectivity index is 2.06. The lowest BCUT2D eigenvalue weighted by atomic mass is 10.0. The molecule has 0 fully saturated rings. The number of carboxylic acid groups (broad SMARTS) is 1. The summed E-state index contributed by atoms with van der Waals surface area (Å²) in [6.07, 6.45) is -0.370. The van der Waals surface area contributed by atoms with Crippen LogP contribution in [0.4, 0.5) is 8.78 Å². The lowest BCUT2D eigenvalue weighted by Gasteiger charge is -2.15. The number of nitriles is 1. The first kappa shape index (κ1) is 18.1. The Morgan fingerprint density at radius 2 is 1.80 bits per heavy atom. The Morgan fingerprint density at radius 3 is 2.40 bits per heavy atom. The van der Waals surface area contributed by atoms with Crippen LogP contribution in [0.1, 0.15) is 16.7 Å². The van der Waals surface area contributed by atoms with Crippen LogP contribution in [0.15, 0.2) is 42.5 Å². The molecule has 2 aromatic rings. The fourth-order valence-corrected chi connectivity index (χ4v) is 2.35. The molecule has 2 aromatic carbocycles. The van der Waals surface area contributed by atoms with Crippen molar-refractivity contribution in [3.8, 4) is 6.07 Å². The van der Waals surface area contributed by atoms with E-state index in [0.717, 1.165) is 12.1 Å². The van der Waals surface area contributed by atoms with Gasteiger partial charge in [-0.15, -0.1) is 0 Å². The number of carbonyl (C=O) groups excluding carboxylic acids is 1. The fourth-order valence-electron chi connectivity index (χ4n) is 2.35. The van der Waals surface area contributed by atoms with Crippen LogP contribution < -0.4 is 5.32 Å². The molecule has 1 atom stereocenters. The predicted molar refractivity (Wildman–Crippen MR) is 84.5 cm³/mol. The maximum atomic E-state index is 13.1. The molecule has 0 aliphatic heterocycles. The average Bonchev–Trinajstić information content (AvgIpc) is 2.53. The van der Waals surface area contributed by atoms with Crippen molar-refractivity contribution in [2.45, 2.75) is 18.9 Å². The summed E-state index contributed by atoms with van der Waals surface area (Å²) in [5, 5.41) is 20.5. The van der Waals surface area contributed by atoms with Gasteiger partial charge in [0.05, 0.1) is 18.1 Å². The number of benzene rings is 2. The zero-order chi connectivity index (χ0) is 18.4. The molecular weight excluding hydrogens is 330 g/mol. The molecule has 128 valence electrons. The van der Waals surface area contributed by atoms with Crippen molar-refractivity contribution in [2.75, 3.05) is 0 Å². The van der Waals surface area contributed by atoms with Gasteiger partial charge in [-0.1, -0.05) is 12.1 Å². The predicted octanol–water partition coefficient (Wildman–Crippen LogP) is 2.19. The zero-order valence-electron chi connectivity index (χ0n) is 13.0. The summed E-state index contributed by atoms with van der Waals surface area (Å²) in [4.78, 5) is 23.3. The van der Waals surface area contributed by atoms with E-state index in [1.807, 2.05) is 6.07 Å². The molecule has 0 heterocycles. The average molecular weight is 344 g/mol. The second kappa shape index (κ2) is 8.02. The minimum absolute atomic E-state index is 0.0197. The van der Waals surface area contributed by atoms with E-state index in [0.29, 0.717) is 17.2 Å². The van der Waals surface area contributed by atoms with Gasteiger partial charge >= 0.3 is 5.97 Å². The first-order valence-corrected chi connectivity index (χ1v) is 7.33. The van der Waals surface area contributed by atoms with Crippen molar-refractivity contribution in [3.05, 3.63) is 70.8 Å². The van der Waals surface area contributed by atoms with Crippen LogP contribution in [-0.2, 0) is 22.4 Å². The van der Waals surface area contributed by atoms with Crippen LogP contribution in [0.2, 0.25) is 0 Å². The third-order valence-electron chi connectivity index (χ3n) is 3.42. The molecule has 0 aliphatic rings. The molecule has 5 nitrogen and oxygen atoms in total. The van der Waals surface area contributed by atoms with Crippen molar-refractivity contribution in [2.24, 2.45) is 0 Å². The smallest absolute Gasteiger partial charge is 0.326 e. The van der Waals surface area contributed by atoms with Gasteiger partial charge < -0.3 is 10.4 Å². The summed E-state index contributed by atoms with van der Waals surface area (Å²) >= 11 is 0. The van der Waals surface area contributed by atoms with Gasteiger partial charge in [0, 0.05) is 12.5 Å². The number of nitrogens with zero attached hydrogens (tertiary/aromatic N) is 1. The Kier molecular flexibility index (Phi) is 5.79. The third-order valence-corrected chi connectivity index (χ3v) is 3.42.